The van der Waals surface area contributed by atoms with Crippen LogP contribution in [0.15, 0.2) is 42.5 Å². The smallest absolute Gasteiger partial charge is 0.233 e. The average molecular weight is 430 g/mol. The van der Waals surface area contributed by atoms with Crippen molar-refractivity contribution < 1.29 is 9.53 Å². The molecule has 2 aromatic carbocycles. The van der Waals surface area contributed by atoms with Crippen LogP contribution in [0.4, 0.5) is 5.13 Å². The number of hydrogen-bond acceptors (Lipinski definition) is 5. The third-order valence-corrected chi connectivity index (χ3v) is 6.70. The lowest BCUT2D eigenvalue weighted by Gasteiger charge is -2.29. The van der Waals surface area contributed by atoms with Crippen molar-refractivity contribution in [3.63, 3.8) is 0 Å². The molecule has 2 heterocycles. The SMILES string of the molecule is Cc1ccc(Cl)c2sc(N(CCN3CCOCC3)C(=O)Cc3ccccc3)nc12. The average Bonchev–Trinajstić information content (AvgIpc) is 3.19. The first-order valence-electron chi connectivity index (χ1n) is 9.82. The van der Waals surface area contributed by atoms with Gasteiger partial charge < -0.3 is 4.74 Å². The first-order chi connectivity index (χ1) is 14.1. The van der Waals surface area contributed by atoms with Crippen molar-refractivity contribution in [2.75, 3.05) is 44.3 Å². The number of hydrogen-bond donors (Lipinski definition) is 0. The molecule has 3 aromatic rings. The van der Waals surface area contributed by atoms with E-state index in [0.717, 1.165) is 54.2 Å². The van der Waals surface area contributed by atoms with Gasteiger partial charge in [0.25, 0.3) is 0 Å². The molecule has 0 aliphatic carbocycles. The summed E-state index contributed by atoms with van der Waals surface area (Å²) in [5.41, 5.74) is 2.95. The van der Waals surface area contributed by atoms with E-state index in [4.69, 9.17) is 21.3 Å². The minimum Gasteiger partial charge on any atom is -0.379 e. The van der Waals surface area contributed by atoms with Gasteiger partial charge in [0, 0.05) is 26.2 Å². The number of aryl methyl sites for hydroxylation is 1. The Morgan fingerprint density at radius 3 is 2.69 bits per heavy atom. The molecule has 152 valence electrons. The lowest BCUT2D eigenvalue weighted by Crippen LogP contribution is -2.43. The molecule has 1 aromatic heterocycles. The monoisotopic (exact) mass is 429 g/mol. The van der Waals surface area contributed by atoms with Crippen LogP contribution in [0.5, 0.6) is 0 Å². The van der Waals surface area contributed by atoms with Gasteiger partial charge in [0.05, 0.1) is 34.9 Å². The Kier molecular flexibility index (Phi) is 6.45. The summed E-state index contributed by atoms with van der Waals surface area (Å²) in [7, 11) is 0. The Morgan fingerprint density at radius 2 is 1.97 bits per heavy atom. The fraction of sp³-hybridized carbons (Fsp3) is 0.364. The predicted molar refractivity (Wildman–Crippen MR) is 119 cm³/mol. The maximum atomic E-state index is 13.2. The summed E-state index contributed by atoms with van der Waals surface area (Å²) in [4.78, 5) is 22.2. The Hall–Kier alpha value is -1.99. The zero-order chi connectivity index (χ0) is 20.2. The number of nitrogens with zero attached hydrogens (tertiary/aromatic N) is 3. The molecule has 0 bridgehead atoms. The predicted octanol–water partition coefficient (Wildman–Crippen LogP) is 4.17. The van der Waals surface area contributed by atoms with E-state index in [9.17, 15) is 4.79 Å². The number of halogens is 1. The van der Waals surface area contributed by atoms with Crippen molar-refractivity contribution >= 4 is 44.2 Å². The number of fused-ring (bicyclic) bond motifs is 1. The van der Waals surface area contributed by atoms with E-state index in [-0.39, 0.29) is 5.91 Å². The van der Waals surface area contributed by atoms with Crippen molar-refractivity contribution in [3.8, 4) is 0 Å². The molecule has 5 nitrogen and oxygen atoms in total. The van der Waals surface area contributed by atoms with Gasteiger partial charge in [-0.05, 0) is 24.1 Å². The third-order valence-electron chi connectivity index (χ3n) is 5.16. The van der Waals surface area contributed by atoms with Crippen molar-refractivity contribution in [2.24, 2.45) is 0 Å². The second-order valence-electron chi connectivity index (χ2n) is 7.20. The second kappa shape index (κ2) is 9.22. The summed E-state index contributed by atoms with van der Waals surface area (Å²) < 4.78 is 6.37. The minimum atomic E-state index is 0.0530. The van der Waals surface area contributed by atoms with Gasteiger partial charge in [-0.3, -0.25) is 14.6 Å². The van der Waals surface area contributed by atoms with Gasteiger partial charge in [0.1, 0.15) is 0 Å². The van der Waals surface area contributed by atoms with Gasteiger partial charge in [-0.15, -0.1) is 0 Å². The highest BCUT2D eigenvalue weighted by atomic mass is 35.5. The molecule has 1 aliphatic rings. The number of morpholine rings is 1. The number of thiazole rings is 1. The molecule has 1 amide bonds. The number of anilines is 1. The van der Waals surface area contributed by atoms with E-state index < -0.39 is 0 Å². The van der Waals surface area contributed by atoms with Crippen LogP contribution in [0.3, 0.4) is 0 Å². The molecule has 0 spiro atoms. The molecule has 29 heavy (non-hydrogen) atoms. The molecule has 0 N–H and O–H groups in total. The number of rotatable bonds is 6. The van der Waals surface area contributed by atoms with E-state index in [1.165, 1.54) is 11.3 Å². The van der Waals surface area contributed by atoms with Crippen molar-refractivity contribution in [3.05, 3.63) is 58.6 Å². The Morgan fingerprint density at radius 1 is 1.21 bits per heavy atom. The number of ether oxygens (including phenoxy) is 1. The van der Waals surface area contributed by atoms with Crippen molar-refractivity contribution in [1.29, 1.82) is 0 Å². The summed E-state index contributed by atoms with van der Waals surface area (Å²) in [5, 5.41) is 1.39. The van der Waals surface area contributed by atoms with E-state index in [1.807, 2.05) is 54.3 Å². The van der Waals surface area contributed by atoms with Gasteiger partial charge in [-0.2, -0.15) is 0 Å². The zero-order valence-electron chi connectivity index (χ0n) is 16.4. The quantitative estimate of drug-likeness (QED) is 0.590. The van der Waals surface area contributed by atoms with Crippen molar-refractivity contribution in [1.82, 2.24) is 9.88 Å². The number of amides is 1. The molecule has 0 unspecified atom stereocenters. The minimum absolute atomic E-state index is 0.0530. The van der Waals surface area contributed by atoms with Crippen LogP contribution in [0.1, 0.15) is 11.1 Å². The van der Waals surface area contributed by atoms with Crippen LogP contribution in [0.25, 0.3) is 10.2 Å². The van der Waals surface area contributed by atoms with Gasteiger partial charge in [-0.1, -0.05) is 59.3 Å². The third kappa shape index (κ3) is 4.78. The number of aromatic nitrogens is 1. The summed E-state index contributed by atoms with van der Waals surface area (Å²) in [6.07, 6.45) is 0.354. The second-order valence-corrected chi connectivity index (χ2v) is 8.58. The van der Waals surface area contributed by atoms with Crippen LogP contribution in [-0.4, -0.2) is 55.2 Å². The Bertz CT molecular complexity index is 947. The molecule has 0 saturated carbocycles. The van der Waals surface area contributed by atoms with E-state index in [1.54, 1.807) is 0 Å². The molecular formula is C22H24ClN3O2S. The molecule has 1 saturated heterocycles. The van der Waals surface area contributed by atoms with Crippen LogP contribution >= 0.6 is 22.9 Å². The highest BCUT2D eigenvalue weighted by molar-refractivity contribution is 7.23. The summed E-state index contributed by atoms with van der Waals surface area (Å²) >= 11 is 7.89. The number of carbonyl (C=O) groups excluding carboxylic acids is 1. The van der Waals surface area contributed by atoms with E-state index >= 15 is 0 Å². The van der Waals surface area contributed by atoms with Gasteiger partial charge in [0.2, 0.25) is 5.91 Å². The molecule has 7 heteroatoms. The standard InChI is InChI=1S/C22H24ClN3O2S/c1-16-7-8-18(23)21-20(16)24-22(29-21)26(10-9-25-11-13-28-14-12-25)19(27)15-17-5-3-2-4-6-17/h2-8H,9-15H2,1H3. The van der Waals surface area contributed by atoms with Crippen LogP contribution in [-0.2, 0) is 16.0 Å². The van der Waals surface area contributed by atoms with Crippen molar-refractivity contribution in [2.45, 2.75) is 13.3 Å². The van der Waals surface area contributed by atoms with Crippen LogP contribution in [0.2, 0.25) is 5.02 Å². The topological polar surface area (TPSA) is 45.7 Å². The lowest BCUT2D eigenvalue weighted by atomic mass is 10.1. The fourth-order valence-electron chi connectivity index (χ4n) is 3.47. The summed E-state index contributed by atoms with van der Waals surface area (Å²) in [6.45, 7) is 6.69. The van der Waals surface area contributed by atoms with Gasteiger partial charge in [0.15, 0.2) is 5.13 Å². The normalized spacial score (nSPS) is 15.0. The summed E-state index contributed by atoms with van der Waals surface area (Å²) in [5.74, 6) is 0.0530. The maximum absolute atomic E-state index is 13.2. The molecule has 1 fully saturated rings. The molecule has 0 radical (unpaired) electrons. The first-order valence-corrected chi connectivity index (χ1v) is 11.0. The van der Waals surface area contributed by atoms with E-state index in [2.05, 4.69) is 4.90 Å². The highest BCUT2D eigenvalue weighted by Gasteiger charge is 2.22. The largest absolute Gasteiger partial charge is 0.379 e. The zero-order valence-corrected chi connectivity index (χ0v) is 18.0. The van der Waals surface area contributed by atoms with E-state index in [0.29, 0.717) is 23.1 Å². The lowest BCUT2D eigenvalue weighted by molar-refractivity contribution is -0.118. The van der Waals surface area contributed by atoms with Gasteiger partial charge in [-0.25, -0.2) is 4.98 Å². The Balaban J connectivity index is 1.61. The maximum Gasteiger partial charge on any atom is 0.233 e. The first kappa shape index (κ1) is 20.3. The number of carbonyl (C=O) groups is 1. The Labute approximate surface area is 179 Å². The van der Waals surface area contributed by atoms with Crippen LogP contribution < -0.4 is 4.90 Å². The highest BCUT2D eigenvalue weighted by Crippen LogP contribution is 2.35. The molecule has 1 aliphatic heterocycles. The molecular weight excluding hydrogens is 406 g/mol. The fourth-order valence-corrected chi connectivity index (χ4v) is 4.83. The number of benzene rings is 2. The molecule has 4 rings (SSSR count). The van der Waals surface area contributed by atoms with Gasteiger partial charge >= 0.3 is 0 Å². The summed E-state index contributed by atoms with van der Waals surface area (Å²) in [6, 6.07) is 13.7. The van der Waals surface area contributed by atoms with Crippen LogP contribution in [0, 0.1) is 6.92 Å². The molecule has 0 atom stereocenters.